The Balaban J connectivity index is 1.76. The number of ether oxygens (including phenoxy) is 1. The van der Waals surface area contributed by atoms with E-state index < -0.39 is 0 Å². The molecule has 1 fully saturated rings. The molecular formula is C16H24N2O2S. The highest BCUT2D eigenvalue weighted by molar-refractivity contribution is 7.15. The number of nitrogens with one attached hydrogen (secondary N) is 1. The van der Waals surface area contributed by atoms with Gasteiger partial charge in [-0.1, -0.05) is 13.3 Å². The number of carbonyl (C=O) groups excluding carboxylic acids is 1. The number of aryl methyl sites for hydroxylation is 1. The van der Waals surface area contributed by atoms with Crippen LogP contribution in [0.5, 0.6) is 0 Å². The average Bonchev–Trinajstić information content (AvgIpc) is 3.05. The zero-order valence-corrected chi connectivity index (χ0v) is 13.7. The second kappa shape index (κ2) is 6.34. The molecular weight excluding hydrogens is 284 g/mol. The minimum atomic E-state index is -0.151. The van der Waals surface area contributed by atoms with E-state index in [1.807, 2.05) is 6.92 Å². The zero-order valence-electron chi connectivity index (χ0n) is 12.9. The molecule has 1 saturated carbocycles. The van der Waals surface area contributed by atoms with E-state index in [2.05, 4.69) is 12.2 Å². The van der Waals surface area contributed by atoms with Crippen LogP contribution in [0.15, 0.2) is 0 Å². The van der Waals surface area contributed by atoms with Crippen molar-refractivity contribution in [2.24, 2.45) is 5.92 Å². The first kappa shape index (κ1) is 14.8. The van der Waals surface area contributed by atoms with Crippen LogP contribution in [0.3, 0.4) is 0 Å². The summed E-state index contributed by atoms with van der Waals surface area (Å²) >= 11 is 1.73. The minimum absolute atomic E-state index is 0.107. The topological polar surface area (TPSA) is 51.2 Å². The molecule has 0 amide bonds. The third-order valence-electron chi connectivity index (χ3n) is 4.70. The Morgan fingerprint density at radius 2 is 2.24 bits per heavy atom. The Morgan fingerprint density at radius 3 is 2.95 bits per heavy atom. The summed E-state index contributed by atoms with van der Waals surface area (Å²) in [5.74, 6) is 0.456. The first-order valence-corrected chi connectivity index (χ1v) is 8.93. The van der Waals surface area contributed by atoms with Crippen LogP contribution < -0.4 is 5.32 Å². The molecule has 1 N–H and O–H groups in total. The number of hydrogen-bond donors (Lipinski definition) is 1. The van der Waals surface area contributed by atoms with E-state index in [1.54, 1.807) is 11.3 Å². The summed E-state index contributed by atoms with van der Waals surface area (Å²) in [5.41, 5.74) is 0.970. The Bertz CT molecular complexity index is 514. The normalized spacial score (nSPS) is 28.2. The van der Waals surface area contributed by atoms with E-state index in [1.165, 1.54) is 24.1 Å². The first-order chi connectivity index (χ1) is 10.2. The van der Waals surface area contributed by atoms with Crippen molar-refractivity contribution in [3.05, 3.63) is 10.6 Å². The molecule has 2 aliphatic rings. The summed E-state index contributed by atoms with van der Waals surface area (Å²) in [5, 5.41) is 4.59. The summed E-state index contributed by atoms with van der Waals surface area (Å²) in [6.45, 7) is 4.61. The second-order valence-corrected chi connectivity index (χ2v) is 7.27. The molecule has 5 heteroatoms. The van der Waals surface area contributed by atoms with Crippen molar-refractivity contribution in [3.63, 3.8) is 0 Å². The van der Waals surface area contributed by atoms with Gasteiger partial charge in [-0.25, -0.2) is 4.98 Å². The molecule has 0 saturated heterocycles. The van der Waals surface area contributed by atoms with Crippen LogP contribution in [-0.2, 0) is 16.0 Å². The maximum atomic E-state index is 12.1. The second-order valence-electron chi connectivity index (χ2n) is 6.18. The van der Waals surface area contributed by atoms with Crippen molar-refractivity contribution in [2.45, 2.75) is 64.3 Å². The molecule has 3 atom stereocenters. The summed E-state index contributed by atoms with van der Waals surface area (Å²) in [6.07, 6.45) is 6.80. The number of hydrogen-bond acceptors (Lipinski definition) is 5. The highest BCUT2D eigenvalue weighted by Gasteiger charge is 2.32. The number of aromatic nitrogens is 1. The summed E-state index contributed by atoms with van der Waals surface area (Å²) < 4.78 is 5.20. The van der Waals surface area contributed by atoms with E-state index in [-0.39, 0.29) is 11.9 Å². The van der Waals surface area contributed by atoms with Gasteiger partial charge in [0.25, 0.3) is 0 Å². The van der Waals surface area contributed by atoms with Crippen LogP contribution >= 0.6 is 11.3 Å². The smallest absolute Gasteiger partial charge is 0.315 e. The molecule has 21 heavy (non-hydrogen) atoms. The fraction of sp³-hybridized carbons (Fsp3) is 0.750. The number of esters is 1. The highest BCUT2D eigenvalue weighted by atomic mass is 32.1. The lowest BCUT2D eigenvalue weighted by Gasteiger charge is -2.19. The van der Waals surface area contributed by atoms with Crippen LogP contribution in [0.4, 0.5) is 5.13 Å². The third kappa shape index (κ3) is 3.07. The standard InChI is InChI=1S/C16H24N2O2S/c1-3-20-15(19)11-7-5-9-13-14(11)18-16(21-13)17-12-8-4-6-10(12)2/h10-12H,3-9H2,1-2H3,(H,17,18). The van der Waals surface area contributed by atoms with E-state index in [0.29, 0.717) is 18.6 Å². The van der Waals surface area contributed by atoms with E-state index in [9.17, 15) is 4.79 Å². The van der Waals surface area contributed by atoms with Crippen molar-refractivity contribution < 1.29 is 9.53 Å². The van der Waals surface area contributed by atoms with Crippen molar-refractivity contribution in [1.29, 1.82) is 0 Å². The highest BCUT2D eigenvalue weighted by Crippen LogP contribution is 2.38. The van der Waals surface area contributed by atoms with Gasteiger partial charge in [-0.05, 0) is 44.9 Å². The maximum absolute atomic E-state index is 12.1. The predicted molar refractivity (Wildman–Crippen MR) is 84.9 cm³/mol. The van der Waals surface area contributed by atoms with Gasteiger partial charge in [0.1, 0.15) is 5.92 Å². The van der Waals surface area contributed by atoms with Crippen LogP contribution in [-0.4, -0.2) is 23.6 Å². The molecule has 1 aromatic rings. The number of nitrogens with zero attached hydrogens (tertiary/aromatic N) is 1. The van der Waals surface area contributed by atoms with Crippen molar-refractivity contribution in [2.75, 3.05) is 11.9 Å². The number of rotatable bonds is 4. The van der Waals surface area contributed by atoms with Gasteiger partial charge in [-0.3, -0.25) is 4.79 Å². The first-order valence-electron chi connectivity index (χ1n) is 8.11. The Morgan fingerprint density at radius 1 is 1.38 bits per heavy atom. The van der Waals surface area contributed by atoms with Gasteiger partial charge in [-0.2, -0.15) is 0 Å². The molecule has 1 heterocycles. The van der Waals surface area contributed by atoms with Gasteiger partial charge in [0.2, 0.25) is 0 Å². The number of fused-ring (bicyclic) bond motifs is 1. The molecule has 4 nitrogen and oxygen atoms in total. The van der Waals surface area contributed by atoms with Gasteiger partial charge in [-0.15, -0.1) is 11.3 Å². The van der Waals surface area contributed by atoms with Gasteiger partial charge in [0.15, 0.2) is 5.13 Å². The number of anilines is 1. The van der Waals surface area contributed by atoms with Crippen molar-refractivity contribution in [1.82, 2.24) is 4.98 Å². The summed E-state index contributed by atoms with van der Waals surface area (Å²) in [4.78, 5) is 18.1. The molecule has 3 unspecified atom stereocenters. The van der Waals surface area contributed by atoms with Crippen molar-refractivity contribution >= 4 is 22.4 Å². The molecule has 2 aliphatic carbocycles. The zero-order chi connectivity index (χ0) is 14.8. The monoisotopic (exact) mass is 308 g/mol. The number of thiazole rings is 1. The van der Waals surface area contributed by atoms with Crippen molar-refractivity contribution in [3.8, 4) is 0 Å². The SMILES string of the molecule is CCOC(=O)C1CCCc2sc(NC3CCCC3C)nc21. The molecule has 3 rings (SSSR count). The van der Waals surface area contributed by atoms with Crippen LogP contribution in [0.2, 0.25) is 0 Å². The Hall–Kier alpha value is -1.10. The molecule has 116 valence electrons. The molecule has 0 bridgehead atoms. The fourth-order valence-corrected chi connectivity index (χ4v) is 4.60. The number of carbonyl (C=O) groups is 1. The maximum Gasteiger partial charge on any atom is 0.315 e. The summed E-state index contributed by atoms with van der Waals surface area (Å²) in [6, 6.07) is 0.540. The summed E-state index contributed by atoms with van der Waals surface area (Å²) in [7, 11) is 0. The predicted octanol–water partition coefficient (Wildman–Crippen LogP) is 3.73. The fourth-order valence-electron chi connectivity index (χ4n) is 3.47. The molecule has 0 radical (unpaired) electrons. The average molecular weight is 308 g/mol. The quantitative estimate of drug-likeness (QED) is 0.861. The Labute approximate surface area is 130 Å². The van der Waals surface area contributed by atoms with Gasteiger partial charge in [0.05, 0.1) is 12.3 Å². The van der Waals surface area contributed by atoms with E-state index in [0.717, 1.165) is 30.1 Å². The molecule has 0 aromatic carbocycles. The van der Waals surface area contributed by atoms with Gasteiger partial charge in [0, 0.05) is 10.9 Å². The molecule has 0 aliphatic heterocycles. The van der Waals surface area contributed by atoms with E-state index in [4.69, 9.17) is 9.72 Å². The molecule has 0 spiro atoms. The lowest BCUT2D eigenvalue weighted by Crippen LogP contribution is -2.22. The third-order valence-corrected chi connectivity index (χ3v) is 5.76. The largest absolute Gasteiger partial charge is 0.465 e. The van der Waals surface area contributed by atoms with Gasteiger partial charge >= 0.3 is 5.97 Å². The minimum Gasteiger partial charge on any atom is -0.465 e. The van der Waals surface area contributed by atoms with Crippen LogP contribution in [0.25, 0.3) is 0 Å². The van der Waals surface area contributed by atoms with Crippen LogP contribution in [0, 0.1) is 5.92 Å². The van der Waals surface area contributed by atoms with Crippen LogP contribution in [0.1, 0.15) is 62.4 Å². The molecule has 1 aromatic heterocycles. The lowest BCUT2D eigenvalue weighted by atomic mass is 9.91. The van der Waals surface area contributed by atoms with Gasteiger partial charge < -0.3 is 10.1 Å². The van der Waals surface area contributed by atoms with E-state index >= 15 is 0 Å². The Kier molecular flexibility index (Phi) is 4.48. The lowest BCUT2D eigenvalue weighted by molar-refractivity contribution is -0.145.